The summed E-state index contributed by atoms with van der Waals surface area (Å²) in [6, 6.07) is 10.8. The summed E-state index contributed by atoms with van der Waals surface area (Å²) in [5.74, 6) is 0.720. The molecule has 3 heteroatoms. The number of rotatable bonds is 4. The fraction of sp³-hybridized carbons (Fsp3) is 0.400. The van der Waals surface area contributed by atoms with E-state index in [2.05, 4.69) is 43.2 Å². The van der Waals surface area contributed by atoms with E-state index in [0.29, 0.717) is 0 Å². The first-order valence-corrected chi connectivity index (χ1v) is 6.52. The molecule has 1 unspecified atom stereocenters. The summed E-state index contributed by atoms with van der Waals surface area (Å²) >= 11 is 0. The molecule has 3 nitrogen and oxygen atoms in total. The molecular formula is C15H21N3. The standard InChI is InChI=1S/C15H21N3/c1-4-5-13-6-8-14(9-7-13)12(3)18-15(16)10-11(2)17-18/h6-10,12H,4-5,16H2,1-3H3. The van der Waals surface area contributed by atoms with Crippen LogP contribution in [0.1, 0.15) is 43.1 Å². The van der Waals surface area contributed by atoms with Gasteiger partial charge in [-0.3, -0.25) is 0 Å². The highest BCUT2D eigenvalue weighted by Gasteiger charge is 2.11. The zero-order valence-corrected chi connectivity index (χ0v) is 11.4. The number of benzene rings is 1. The van der Waals surface area contributed by atoms with Gasteiger partial charge in [-0.1, -0.05) is 37.6 Å². The molecule has 2 aromatic rings. The third-order valence-electron chi connectivity index (χ3n) is 3.25. The van der Waals surface area contributed by atoms with Crippen LogP contribution in [-0.2, 0) is 6.42 Å². The molecule has 1 atom stereocenters. The van der Waals surface area contributed by atoms with E-state index in [0.717, 1.165) is 17.9 Å². The number of aromatic nitrogens is 2. The third-order valence-corrected chi connectivity index (χ3v) is 3.25. The molecular weight excluding hydrogens is 222 g/mol. The average molecular weight is 243 g/mol. The molecule has 96 valence electrons. The molecule has 0 spiro atoms. The number of hydrogen-bond acceptors (Lipinski definition) is 2. The summed E-state index contributed by atoms with van der Waals surface area (Å²) in [7, 11) is 0. The molecule has 0 aliphatic rings. The van der Waals surface area contributed by atoms with Gasteiger partial charge in [-0.15, -0.1) is 0 Å². The van der Waals surface area contributed by atoms with E-state index in [4.69, 9.17) is 5.73 Å². The van der Waals surface area contributed by atoms with Gasteiger partial charge in [-0.05, 0) is 31.4 Å². The number of aryl methyl sites for hydroxylation is 2. The van der Waals surface area contributed by atoms with Crippen molar-refractivity contribution in [1.29, 1.82) is 0 Å². The summed E-state index contributed by atoms with van der Waals surface area (Å²) in [5, 5.41) is 4.44. The topological polar surface area (TPSA) is 43.8 Å². The second kappa shape index (κ2) is 5.25. The Morgan fingerprint density at radius 3 is 2.44 bits per heavy atom. The molecule has 1 aromatic heterocycles. The van der Waals surface area contributed by atoms with Crippen molar-refractivity contribution in [3.63, 3.8) is 0 Å². The van der Waals surface area contributed by atoms with Crippen LogP contribution in [0.3, 0.4) is 0 Å². The largest absolute Gasteiger partial charge is 0.384 e. The van der Waals surface area contributed by atoms with Crippen molar-refractivity contribution in [1.82, 2.24) is 9.78 Å². The van der Waals surface area contributed by atoms with Gasteiger partial charge < -0.3 is 5.73 Å². The highest BCUT2D eigenvalue weighted by molar-refractivity contribution is 5.34. The van der Waals surface area contributed by atoms with Gasteiger partial charge in [0.2, 0.25) is 0 Å². The third kappa shape index (κ3) is 2.55. The van der Waals surface area contributed by atoms with Crippen LogP contribution in [0.4, 0.5) is 5.82 Å². The Balaban J connectivity index is 2.23. The van der Waals surface area contributed by atoms with Crippen molar-refractivity contribution >= 4 is 5.82 Å². The first kappa shape index (κ1) is 12.7. The number of anilines is 1. The molecule has 1 aromatic carbocycles. The number of hydrogen-bond donors (Lipinski definition) is 1. The summed E-state index contributed by atoms with van der Waals surface area (Å²) in [6.45, 7) is 6.28. The Morgan fingerprint density at radius 1 is 1.28 bits per heavy atom. The summed E-state index contributed by atoms with van der Waals surface area (Å²) < 4.78 is 1.88. The van der Waals surface area contributed by atoms with E-state index in [9.17, 15) is 0 Å². The van der Waals surface area contributed by atoms with Gasteiger partial charge >= 0.3 is 0 Å². The maximum Gasteiger partial charge on any atom is 0.122 e. The lowest BCUT2D eigenvalue weighted by Gasteiger charge is -2.14. The molecule has 1 heterocycles. The van der Waals surface area contributed by atoms with Gasteiger partial charge in [-0.2, -0.15) is 5.10 Å². The average Bonchev–Trinajstić information content (AvgIpc) is 2.69. The summed E-state index contributed by atoms with van der Waals surface area (Å²) in [6.07, 6.45) is 2.32. The van der Waals surface area contributed by atoms with E-state index in [1.54, 1.807) is 0 Å². The molecule has 0 aliphatic carbocycles. The van der Waals surface area contributed by atoms with Crippen LogP contribution in [0.25, 0.3) is 0 Å². The van der Waals surface area contributed by atoms with E-state index in [1.807, 2.05) is 17.7 Å². The van der Waals surface area contributed by atoms with Gasteiger partial charge in [0.15, 0.2) is 0 Å². The van der Waals surface area contributed by atoms with Crippen molar-refractivity contribution < 1.29 is 0 Å². The van der Waals surface area contributed by atoms with Crippen molar-refractivity contribution in [2.75, 3.05) is 5.73 Å². The predicted octanol–water partition coefficient (Wildman–Crippen LogP) is 3.34. The lowest BCUT2D eigenvalue weighted by Crippen LogP contribution is -2.11. The molecule has 0 saturated heterocycles. The lowest BCUT2D eigenvalue weighted by molar-refractivity contribution is 0.569. The fourth-order valence-corrected chi connectivity index (χ4v) is 2.24. The minimum absolute atomic E-state index is 0.175. The summed E-state index contributed by atoms with van der Waals surface area (Å²) in [5.41, 5.74) is 9.55. The van der Waals surface area contributed by atoms with Crippen LogP contribution in [0.15, 0.2) is 30.3 Å². The number of nitrogen functional groups attached to an aromatic ring is 1. The molecule has 2 N–H and O–H groups in total. The SMILES string of the molecule is CCCc1ccc(C(C)n2nc(C)cc2N)cc1. The first-order valence-electron chi connectivity index (χ1n) is 6.52. The lowest BCUT2D eigenvalue weighted by atomic mass is 10.0. The Hall–Kier alpha value is -1.77. The zero-order valence-electron chi connectivity index (χ0n) is 11.4. The minimum atomic E-state index is 0.175. The monoisotopic (exact) mass is 243 g/mol. The minimum Gasteiger partial charge on any atom is -0.384 e. The molecule has 0 radical (unpaired) electrons. The Bertz CT molecular complexity index is 511. The van der Waals surface area contributed by atoms with Crippen LogP contribution in [0.5, 0.6) is 0 Å². The Kier molecular flexibility index (Phi) is 3.70. The van der Waals surface area contributed by atoms with Crippen molar-refractivity contribution in [2.24, 2.45) is 0 Å². The smallest absolute Gasteiger partial charge is 0.122 e. The van der Waals surface area contributed by atoms with Crippen LogP contribution in [0.2, 0.25) is 0 Å². The number of nitrogens with zero attached hydrogens (tertiary/aromatic N) is 2. The maximum atomic E-state index is 5.96. The van der Waals surface area contributed by atoms with Gasteiger partial charge in [0, 0.05) is 6.07 Å². The molecule has 0 fully saturated rings. The maximum absolute atomic E-state index is 5.96. The molecule has 0 saturated carbocycles. The molecule has 2 rings (SSSR count). The quantitative estimate of drug-likeness (QED) is 0.895. The second-order valence-electron chi connectivity index (χ2n) is 4.82. The number of nitrogens with two attached hydrogens (primary N) is 1. The van der Waals surface area contributed by atoms with Crippen LogP contribution in [-0.4, -0.2) is 9.78 Å². The van der Waals surface area contributed by atoms with Gasteiger partial charge in [-0.25, -0.2) is 4.68 Å². The van der Waals surface area contributed by atoms with Crippen LogP contribution < -0.4 is 5.73 Å². The molecule has 0 aliphatic heterocycles. The van der Waals surface area contributed by atoms with Crippen molar-refractivity contribution in [2.45, 2.75) is 39.7 Å². The molecule has 0 bridgehead atoms. The van der Waals surface area contributed by atoms with E-state index < -0.39 is 0 Å². The molecule has 18 heavy (non-hydrogen) atoms. The Labute approximate surface area is 109 Å². The van der Waals surface area contributed by atoms with Gasteiger partial charge in [0.05, 0.1) is 11.7 Å². The van der Waals surface area contributed by atoms with Crippen molar-refractivity contribution in [3.05, 3.63) is 47.2 Å². The van der Waals surface area contributed by atoms with E-state index in [-0.39, 0.29) is 6.04 Å². The van der Waals surface area contributed by atoms with Crippen molar-refractivity contribution in [3.8, 4) is 0 Å². The predicted molar refractivity (Wildman–Crippen MR) is 75.6 cm³/mol. The first-order chi connectivity index (χ1) is 8.61. The van der Waals surface area contributed by atoms with Gasteiger partial charge in [0.1, 0.15) is 5.82 Å². The summed E-state index contributed by atoms with van der Waals surface area (Å²) in [4.78, 5) is 0. The molecule has 0 amide bonds. The van der Waals surface area contributed by atoms with E-state index in [1.165, 1.54) is 17.5 Å². The van der Waals surface area contributed by atoms with E-state index >= 15 is 0 Å². The highest BCUT2D eigenvalue weighted by atomic mass is 15.3. The fourth-order valence-electron chi connectivity index (χ4n) is 2.24. The van der Waals surface area contributed by atoms with Crippen LogP contribution in [0, 0.1) is 6.92 Å². The van der Waals surface area contributed by atoms with Crippen LogP contribution >= 0.6 is 0 Å². The van der Waals surface area contributed by atoms with Gasteiger partial charge in [0.25, 0.3) is 0 Å². The highest BCUT2D eigenvalue weighted by Crippen LogP contribution is 2.21. The second-order valence-corrected chi connectivity index (χ2v) is 4.82. The normalized spacial score (nSPS) is 12.6. The Morgan fingerprint density at radius 2 is 1.94 bits per heavy atom. The zero-order chi connectivity index (χ0) is 13.1.